The second-order valence-electron chi connectivity index (χ2n) is 7.03. The van der Waals surface area contributed by atoms with Crippen LogP contribution < -0.4 is 10.2 Å². The molecule has 4 rings (SSSR count). The van der Waals surface area contributed by atoms with Crippen LogP contribution in [0.5, 0.6) is 0 Å². The van der Waals surface area contributed by atoms with E-state index < -0.39 is 0 Å². The summed E-state index contributed by atoms with van der Waals surface area (Å²) in [4.78, 5) is 23.9. The molecule has 5 heteroatoms. The number of carbonyl (C=O) groups is 1. The van der Waals surface area contributed by atoms with Crippen LogP contribution >= 0.6 is 0 Å². The number of hydrogen-bond donors (Lipinski definition) is 1. The van der Waals surface area contributed by atoms with E-state index in [-0.39, 0.29) is 5.91 Å². The third-order valence-electron chi connectivity index (χ3n) is 5.14. The Labute approximate surface area is 148 Å². The second kappa shape index (κ2) is 6.82. The normalized spacial score (nSPS) is 17.4. The number of anilines is 2. The van der Waals surface area contributed by atoms with Crippen molar-refractivity contribution < 1.29 is 4.79 Å². The first-order valence-electron chi connectivity index (χ1n) is 9.23. The maximum atomic E-state index is 13.0. The van der Waals surface area contributed by atoms with Crippen molar-refractivity contribution >= 4 is 17.5 Å². The van der Waals surface area contributed by atoms with Crippen LogP contribution in [0.15, 0.2) is 30.3 Å². The molecular weight excluding hydrogens is 312 g/mol. The Morgan fingerprint density at radius 2 is 1.96 bits per heavy atom. The predicted octanol–water partition coefficient (Wildman–Crippen LogP) is 3.73. The average molecular weight is 336 g/mol. The standard InChI is InChI=1S/C20H24N4O/c1-14-13-17(23-20(21-14)22-16-8-3-2-4-9-16)19(25)24-12-11-15-7-5-6-10-18(15)24/h5-7,10,13,16H,2-4,8-9,11-12H2,1H3,(H,21,22,23). The summed E-state index contributed by atoms with van der Waals surface area (Å²) < 4.78 is 0. The topological polar surface area (TPSA) is 58.1 Å². The maximum absolute atomic E-state index is 13.0. The summed E-state index contributed by atoms with van der Waals surface area (Å²) in [7, 11) is 0. The molecule has 1 amide bonds. The molecular formula is C20H24N4O. The lowest BCUT2D eigenvalue weighted by Gasteiger charge is -2.23. The number of rotatable bonds is 3. The number of nitrogens with one attached hydrogen (secondary N) is 1. The van der Waals surface area contributed by atoms with Crippen LogP contribution in [0.3, 0.4) is 0 Å². The first kappa shape index (κ1) is 16.1. The molecule has 0 spiro atoms. The highest BCUT2D eigenvalue weighted by atomic mass is 16.2. The molecule has 2 aliphatic rings. The van der Waals surface area contributed by atoms with Gasteiger partial charge in [-0.3, -0.25) is 4.79 Å². The third-order valence-corrected chi connectivity index (χ3v) is 5.14. The summed E-state index contributed by atoms with van der Waals surface area (Å²) in [5.41, 5.74) is 3.53. The van der Waals surface area contributed by atoms with E-state index in [9.17, 15) is 4.79 Å². The van der Waals surface area contributed by atoms with Gasteiger partial charge < -0.3 is 10.2 Å². The van der Waals surface area contributed by atoms with Gasteiger partial charge in [0.15, 0.2) is 0 Å². The van der Waals surface area contributed by atoms with Crippen molar-refractivity contribution in [2.75, 3.05) is 16.8 Å². The van der Waals surface area contributed by atoms with E-state index in [4.69, 9.17) is 0 Å². The fraction of sp³-hybridized carbons (Fsp3) is 0.450. The smallest absolute Gasteiger partial charge is 0.277 e. The second-order valence-corrected chi connectivity index (χ2v) is 7.03. The fourth-order valence-electron chi connectivity index (χ4n) is 3.86. The minimum absolute atomic E-state index is 0.0397. The lowest BCUT2D eigenvalue weighted by molar-refractivity contribution is 0.0984. The summed E-state index contributed by atoms with van der Waals surface area (Å²) in [5.74, 6) is 0.546. The van der Waals surface area contributed by atoms with Crippen LogP contribution in [0.25, 0.3) is 0 Å². The Bertz CT molecular complexity index is 783. The van der Waals surface area contributed by atoms with Crippen molar-refractivity contribution in [3.05, 3.63) is 47.3 Å². The summed E-state index contributed by atoms with van der Waals surface area (Å²) in [6.45, 7) is 2.63. The first-order valence-corrected chi connectivity index (χ1v) is 9.23. The van der Waals surface area contributed by atoms with Crippen LogP contribution in [0.1, 0.15) is 53.8 Å². The summed E-state index contributed by atoms with van der Waals surface area (Å²) in [6, 6.07) is 10.3. The number of benzene rings is 1. The number of para-hydroxylation sites is 1. The maximum Gasteiger partial charge on any atom is 0.277 e. The van der Waals surface area contributed by atoms with E-state index in [2.05, 4.69) is 21.4 Å². The average Bonchev–Trinajstić information content (AvgIpc) is 3.05. The zero-order valence-corrected chi connectivity index (χ0v) is 14.7. The minimum atomic E-state index is -0.0397. The first-order chi connectivity index (χ1) is 12.2. The molecule has 1 aliphatic carbocycles. The molecule has 1 aliphatic heterocycles. The van der Waals surface area contributed by atoms with Gasteiger partial charge in [0.05, 0.1) is 0 Å². The minimum Gasteiger partial charge on any atom is -0.351 e. The van der Waals surface area contributed by atoms with Gasteiger partial charge in [-0.05, 0) is 43.9 Å². The van der Waals surface area contributed by atoms with Gasteiger partial charge >= 0.3 is 0 Å². The number of hydrogen-bond acceptors (Lipinski definition) is 4. The Hall–Kier alpha value is -2.43. The molecule has 1 N–H and O–H groups in total. The van der Waals surface area contributed by atoms with Crippen LogP contribution in [0.2, 0.25) is 0 Å². The zero-order chi connectivity index (χ0) is 17.2. The summed E-state index contributed by atoms with van der Waals surface area (Å²) in [5, 5.41) is 3.43. The van der Waals surface area contributed by atoms with Crippen LogP contribution in [0, 0.1) is 6.92 Å². The largest absolute Gasteiger partial charge is 0.351 e. The highest BCUT2D eigenvalue weighted by Crippen LogP contribution is 2.29. The van der Waals surface area contributed by atoms with Gasteiger partial charge in [-0.2, -0.15) is 0 Å². The van der Waals surface area contributed by atoms with Crippen molar-refractivity contribution in [3.8, 4) is 0 Å². The number of carbonyl (C=O) groups excluding carboxylic acids is 1. The van der Waals surface area contributed by atoms with Gasteiger partial charge in [0.1, 0.15) is 5.69 Å². The predicted molar refractivity (Wildman–Crippen MR) is 99.1 cm³/mol. The van der Waals surface area contributed by atoms with Gasteiger partial charge in [0.2, 0.25) is 5.95 Å². The molecule has 1 aromatic heterocycles. The molecule has 130 valence electrons. The van der Waals surface area contributed by atoms with Crippen LogP contribution in [-0.2, 0) is 6.42 Å². The van der Waals surface area contributed by atoms with Gasteiger partial charge in [0, 0.05) is 24.0 Å². The van der Waals surface area contributed by atoms with E-state index in [0.717, 1.165) is 30.6 Å². The molecule has 1 fully saturated rings. The van der Waals surface area contributed by atoms with Crippen LogP contribution in [-0.4, -0.2) is 28.5 Å². The molecule has 1 aromatic carbocycles. The van der Waals surface area contributed by atoms with Crippen molar-refractivity contribution in [2.45, 2.75) is 51.5 Å². The van der Waals surface area contributed by atoms with E-state index in [1.54, 1.807) is 6.07 Å². The molecule has 0 atom stereocenters. The lowest BCUT2D eigenvalue weighted by Crippen LogP contribution is -2.30. The van der Waals surface area contributed by atoms with Gasteiger partial charge in [-0.1, -0.05) is 37.5 Å². The molecule has 0 bridgehead atoms. The van der Waals surface area contributed by atoms with Crippen molar-refractivity contribution in [1.82, 2.24) is 9.97 Å². The third kappa shape index (κ3) is 3.36. The monoisotopic (exact) mass is 336 g/mol. The molecule has 0 saturated heterocycles. The van der Waals surface area contributed by atoms with Crippen LogP contribution in [0.4, 0.5) is 11.6 Å². The van der Waals surface area contributed by atoms with E-state index >= 15 is 0 Å². The van der Waals surface area contributed by atoms with Crippen molar-refractivity contribution in [3.63, 3.8) is 0 Å². The Morgan fingerprint density at radius 3 is 2.80 bits per heavy atom. The number of aryl methyl sites for hydroxylation is 1. The van der Waals surface area contributed by atoms with Gasteiger partial charge in [0.25, 0.3) is 5.91 Å². The van der Waals surface area contributed by atoms with Gasteiger partial charge in [-0.15, -0.1) is 0 Å². The summed E-state index contributed by atoms with van der Waals surface area (Å²) >= 11 is 0. The van der Waals surface area contributed by atoms with E-state index in [0.29, 0.717) is 24.2 Å². The SMILES string of the molecule is Cc1cc(C(=O)N2CCc3ccccc32)nc(NC2CCCCC2)n1. The highest BCUT2D eigenvalue weighted by molar-refractivity contribution is 6.06. The number of fused-ring (bicyclic) bond motifs is 1. The van der Waals surface area contributed by atoms with Crippen molar-refractivity contribution in [1.29, 1.82) is 0 Å². The Balaban J connectivity index is 1.57. The van der Waals surface area contributed by atoms with Crippen molar-refractivity contribution in [2.24, 2.45) is 0 Å². The molecule has 2 heterocycles. The fourth-order valence-corrected chi connectivity index (χ4v) is 3.86. The molecule has 25 heavy (non-hydrogen) atoms. The quantitative estimate of drug-likeness (QED) is 0.928. The van der Waals surface area contributed by atoms with E-state index in [1.807, 2.05) is 30.0 Å². The highest BCUT2D eigenvalue weighted by Gasteiger charge is 2.26. The molecule has 2 aromatic rings. The zero-order valence-electron chi connectivity index (χ0n) is 14.7. The Morgan fingerprint density at radius 1 is 1.16 bits per heavy atom. The lowest BCUT2D eigenvalue weighted by atomic mass is 9.96. The summed E-state index contributed by atoms with van der Waals surface area (Å²) in [6.07, 6.45) is 7.02. The molecule has 5 nitrogen and oxygen atoms in total. The molecule has 0 radical (unpaired) electrons. The number of amides is 1. The Kier molecular flexibility index (Phi) is 4.38. The van der Waals surface area contributed by atoms with Gasteiger partial charge in [-0.25, -0.2) is 9.97 Å². The number of nitrogens with zero attached hydrogens (tertiary/aromatic N) is 3. The molecule has 1 saturated carbocycles. The number of aromatic nitrogens is 2. The van der Waals surface area contributed by atoms with E-state index in [1.165, 1.54) is 24.8 Å². The molecule has 0 unspecified atom stereocenters.